The Balaban J connectivity index is 1.28. The number of hydrogen-bond donors (Lipinski definition) is 0. The molecule has 4 aliphatic rings. The molecular weight excluding hydrogens is 452 g/mol. The summed E-state index contributed by atoms with van der Waals surface area (Å²) in [5.74, 6) is 0.503. The molecule has 2 heteroatoms. The number of carbonyl (C=O) groups is 2. The van der Waals surface area contributed by atoms with Gasteiger partial charge in [0, 0.05) is 28.4 Å². The van der Waals surface area contributed by atoms with Gasteiger partial charge in [-0.3, -0.25) is 9.59 Å². The lowest BCUT2D eigenvalue weighted by Crippen LogP contribution is -2.44. The first kappa shape index (κ1) is 27.6. The Morgan fingerprint density at radius 3 is 1.92 bits per heavy atom. The molecule has 0 aromatic heterocycles. The lowest BCUT2D eigenvalue weighted by Gasteiger charge is -2.39. The Kier molecular flexibility index (Phi) is 8.88. The molecule has 198 valence electrons. The van der Waals surface area contributed by atoms with Crippen LogP contribution in [0.1, 0.15) is 98.8 Å². The van der Waals surface area contributed by atoms with E-state index in [0.717, 1.165) is 62.5 Å². The number of ketones is 2. The standard InChI is InChI=1S/C35H46O2/c1-24(2)11-8-12-25(3)13-9-14-26(4)15-10-16-27(5)19-21-35-22-20-28(23-35)31-32(35)34(37)30-18-7-6-17-29(30)33(31)36/h6-7,11,13,15,19-20,22,28,31-32H,8-10,12,14,16-18,21,23H2,1-5H3/t28-,31?,32?,35+/m1/s1. The second-order valence-corrected chi connectivity index (χ2v) is 12.3. The summed E-state index contributed by atoms with van der Waals surface area (Å²) < 4.78 is 0. The normalized spacial score (nSPS) is 29.2. The van der Waals surface area contributed by atoms with Gasteiger partial charge in [-0.15, -0.1) is 0 Å². The summed E-state index contributed by atoms with van der Waals surface area (Å²) in [5, 5.41) is 0. The number of carbonyl (C=O) groups excluding carboxylic acids is 2. The Morgan fingerprint density at radius 1 is 0.784 bits per heavy atom. The fraction of sp³-hybridized carbons (Fsp3) is 0.543. The zero-order valence-corrected chi connectivity index (χ0v) is 23.7. The van der Waals surface area contributed by atoms with E-state index in [9.17, 15) is 9.59 Å². The molecule has 4 aliphatic carbocycles. The first-order chi connectivity index (χ1) is 17.7. The van der Waals surface area contributed by atoms with Crippen LogP contribution < -0.4 is 0 Å². The molecule has 2 unspecified atom stereocenters. The van der Waals surface area contributed by atoms with Gasteiger partial charge in [-0.05, 0) is 105 Å². The Bertz CT molecular complexity index is 1130. The van der Waals surface area contributed by atoms with Crippen molar-refractivity contribution in [2.45, 2.75) is 98.8 Å². The smallest absolute Gasteiger partial charge is 0.164 e. The zero-order valence-electron chi connectivity index (χ0n) is 23.7. The molecule has 4 rings (SSSR count). The summed E-state index contributed by atoms with van der Waals surface area (Å²) in [6.45, 7) is 11.0. The van der Waals surface area contributed by atoms with Crippen molar-refractivity contribution in [3.8, 4) is 0 Å². The maximum absolute atomic E-state index is 13.6. The lowest BCUT2D eigenvalue weighted by molar-refractivity contribution is -0.132. The van der Waals surface area contributed by atoms with Crippen LogP contribution >= 0.6 is 0 Å². The highest BCUT2D eigenvalue weighted by molar-refractivity contribution is 6.15. The van der Waals surface area contributed by atoms with Gasteiger partial charge in [0.1, 0.15) is 0 Å². The number of hydrogen-bond acceptors (Lipinski definition) is 2. The van der Waals surface area contributed by atoms with E-state index < -0.39 is 0 Å². The van der Waals surface area contributed by atoms with Crippen molar-refractivity contribution in [3.05, 3.63) is 82.0 Å². The van der Waals surface area contributed by atoms with Crippen molar-refractivity contribution in [2.24, 2.45) is 23.2 Å². The second kappa shape index (κ2) is 11.9. The lowest BCUT2D eigenvalue weighted by atomic mass is 9.62. The van der Waals surface area contributed by atoms with Gasteiger partial charge in [-0.1, -0.05) is 70.9 Å². The van der Waals surface area contributed by atoms with Crippen LogP contribution in [-0.4, -0.2) is 11.6 Å². The molecule has 0 aliphatic heterocycles. The molecule has 2 nitrogen and oxygen atoms in total. The first-order valence-corrected chi connectivity index (χ1v) is 14.5. The van der Waals surface area contributed by atoms with Crippen LogP contribution in [0.5, 0.6) is 0 Å². The van der Waals surface area contributed by atoms with Crippen LogP contribution in [0.15, 0.2) is 82.0 Å². The van der Waals surface area contributed by atoms with E-state index in [1.165, 1.54) is 22.3 Å². The maximum atomic E-state index is 13.6. The Hall–Kier alpha value is -2.48. The summed E-state index contributed by atoms with van der Waals surface area (Å²) in [5.41, 5.74) is 7.22. The Morgan fingerprint density at radius 2 is 1.32 bits per heavy atom. The van der Waals surface area contributed by atoms with Crippen LogP contribution in [0.3, 0.4) is 0 Å². The van der Waals surface area contributed by atoms with Gasteiger partial charge in [0.05, 0.1) is 0 Å². The van der Waals surface area contributed by atoms with Crippen molar-refractivity contribution in [1.82, 2.24) is 0 Å². The van der Waals surface area contributed by atoms with Crippen molar-refractivity contribution >= 4 is 11.6 Å². The summed E-state index contributed by atoms with van der Waals surface area (Å²) >= 11 is 0. The third kappa shape index (κ3) is 6.16. The molecular formula is C35H46O2. The van der Waals surface area contributed by atoms with Crippen LogP contribution in [0, 0.1) is 23.2 Å². The molecule has 37 heavy (non-hydrogen) atoms. The van der Waals surface area contributed by atoms with Crippen molar-refractivity contribution < 1.29 is 9.59 Å². The van der Waals surface area contributed by atoms with Gasteiger partial charge in [0.15, 0.2) is 11.6 Å². The number of Topliss-reactive ketones (excluding diaryl/α,β-unsaturated/α-hetero) is 2. The van der Waals surface area contributed by atoms with E-state index in [1.54, 1.807) is 0 Å². The third-order valence-corrected chi connectivity index (χ3v) is 9.07. The van der Waals surface area contributed by atoms with Gasteiger partial charge >= 0.3 is 0 Å². The molecule has 0 saturated heterocycles. The van der Waals surface area contributed by atoms with Crippen LogP contribution in [-0.2, 0) is 9.59 Å². The SMILES string of the molecule is CC(C)=CCCC(C)=CCCC(C)=CCCC(C)=CC[C@]12C=C[C@H](C1)C1C(=O)C3=C(CC=CC3)C(=O)C12. The molecule has 1 fully saturated rings. The highest BCUT2D eigenvalue weighted by Crippen LogP contribution is 2.62. The average Bonchev–Trinajstić information content (AvgIpc) is 3.43. The summed E-state index contributed by atoms with van der Waals surface area (Å²) in [6.07, 6.45) is 27.9. The van der Waals surface area contributed by atoms with Gasteiger partial charge < -0.3 is 0 Å². The quantitative estimate of drug-likeness (QED) is 0.266. The number of rotatable bonds is 11. The monoisotopic (exact) mass is 498 g/mol. The molecule has 4 atom stereocenters. The number of fused-ring (bicyclic) bond motifs is 5. The highest BCUT2D eigenvalue weighted by atomic mass is 16.1. The van der Waals surface area contributed by atoms with Crippen LogP contribution in [0.25, 0.3) is 0 Å². The molecule has 0 amide bonds. The van der Waals surface area contributed by atoms with Crippen LogP contribution in [0.4, 0.5) is 0 Å². The van der Waals surface area contributed by atoms with E-state index in [2.05, 4.69) is 83.2 Å². The minimum atomic E-state index is -0.162. The first-order valence-electron chi connectivity index (χ1n) is 14.5. The molecule has 0 aromatic rings. The second-order valence-electron chi connectivity index (χ2n) is 12.3. The summed E-state index contributed by atoms with van der Waals surface area (Å²) in [4.78, 5) is 26.9. The third-order valence-electron chi connectivity index (χ3n) is 9.07. The minimum absolute atomic E-state index is 0.119. The minimum Gasteiger partial charge on any atom is -0.294 e. The predicted octanol–water partition coefficient (Wildman–Crippen LogP) is 9.13. The van der Waals surface area contributed by atoms with Gasteiger partial charge in [-0.2, -0.15) is 0 Å². The zero-order chi connectivity index (χ0) is 26.6. The van der Waals surface area contributed by atoms with Gasteiger partial charge in [0.25, 0.3) is 0 Å². The van der Waals surface area contributed by atoms with Crippen molar-refractivity contribution in [3.63, 3.8) is 0 Å². The van der Waals surface area contributed by atoms with Crippen molar-refractivity contribution in [2.75, 3.05) is 0 Å². The summed E-state index contributed by atoms with van der Waals surface area (Å²) in [6, 6.07) is 0. The molecule has 0 spiro atoms. The fourth-order valence-corrected chi connectivity index (χ4v) is 6.91. The van der Waals surface area contributed by atoms with E-state index in [4.69, 9.17) is 0 Å². The fourth-order valence-electron chi connectivity index (χ4n) is 6.91. The molecule has 0 heterocycles. The van der Waals surface area contributed by atoms with E-state index in [-0.39, 0.29) is 34.7 Å². The topological polar surface area (TPSA) is 34.1 Å². The number of allylic oxidation sites excluding steroid dienone is 14. The molecule has 1 saturated carbocycles. The van der Waals surface area contributed by atoms with E-state index >= 15 is 0 Å². The predicted molar refractivity (Wildman–Crippen MR) is 155 cm³/mol. The van der Waals surface area contributed by atoms with Gasteiger partial charge in [0.2, 0.25) is 0 Å². The van der Waals surface area contributed by atoms with Gasteiger partial charge in [-0.25, -0.2) is 0 Å². The Labute approximate surface area is 225 Å². The highest BCUT2D eigenvalue weighted by Gasteiger charge is 2.61. The van der Waals surface area contributed by atoms with E-state index in [1.807, 2.05) is 0 Å². The molecule has 0 N–H and O–H groups in total. The summed E-state index contributed by atoms with van der Waals surface area (Å²) in [7, 11) is 0. The van der Waals surface area contributed by atoms with Crippen molar-refractivity contribution in [1.29, 1.82) is 0 Å². The molecule has 0 radical (unpaired) electrons. The maximum Gasteiger partial charge on any atom is 0.164 e. The average molecular weight is 499 g/mol. The molecule has 2 bridgehead atoms. The molecule has 0 aromatic carbocycles. The van der Waals surface area contributed by atoms with Crippen LogP contribution in [0.2, 0.25) is 0 Å². The van der Waals surface area contributed by atoms with E-state index in [0.29, 0.717) is 12.8 Å². The largest absolute Gasteiger partial charge is 0.294 e.